The van der Waals surface area contributed by atoms with Crippen LogP contribution in [0.25, 0.3) is 0 Å². The monoisotopic (exact) mass is 379 g/mol. The Labute approximate surface area is 160 Å². The molecule has 0 bridgehead atoms. The molecule has 0 atom stereocenters. The van der Waals surface area contributed by atoms with E-state index in [4.69, 9.17) is 9.47 Å². The van der Waals surface area contributed by atoms with E-state index in [9.17, 15) is 19.5 Å². The van der Waals surface area contributed by atoms with Gasteiger partial charge in [0, 0.05) is 13.0 Å². The maximum atomic E-state index is 12.8. The number of carbonyl (C=O) groups is 3. The first-order valence-corrected chi connectivity index (χ1v) is 8.97. The minimum atomic E-state index is -1.13. The van der Waals surface area contributed by atoms with Crippen molar-refractivity contribution in [1.29, 1.82) is 0 Å². The topological polar surface area (TPSA) is 93.1 Å². The van der Waals surface area contributed by atoms with Gasteiger partial charge in [0.2, 0.25) is 0 Å². The highest BCUT2D eigenvalue weighted by Crippen LogP contribution is 2.29. The number of aryl methyl sites for hydroxylation is 2. The van der Waals surface area contributed by atoms with E-state index < -0.39 is 17.7 Å². The number of ether oxygens (including phenoxy) is 2. The second-order valence-electron chi connectivity index (χ2n) is 7.32. The number of anilines is 1. The van der Waals surface area contributed by atoms with E-state index in [-0.39, 0.29) is 36.8 Å². The van der Waals surface area contributed by atoms with Crippen molar-refractivity contribution < 1.29 is 29.0 Å². The SMILES string of the molecule is CCOC(=O)CCCN(C(=O)OC(C)(C)C)c1c(C)cc(C)cc1C(=O)O. The predicted octanol–water partition coefficient (Wildman–Crippen LogP) is 4.09. The lowest BCUT2D eigenvalue weighted by molar-refractivity contribution is -0.143. The second-order valence-corrected chi connectivity index (χ2v) is 7.32. The fourth-order valence-electron chi connectivity index (χ4n) is 2.71. The van der Waals surface area contributed by atoms with Crippen LogP contribution in [0.5, 0.6) is 0 Å². The van der Waals surface area contributed by atoms with Crippen LogP contribution in [-0.2, 0) is 14.3 Å². The molecule has 0 fully saturated rings. The Bertz CT molecular complexity index is 705. The Morgan fingerprint density at radius 1 is 1.15 bits per heavy atom. The van der Waals surface area contributed by atoms with Crippen LogP contribution in [0, 0.1) is 13.8 Å². The fraction of sp³-hybridized carbons (Fsp3) is 0.550. The quantitative estimate of drug-likeness (QED) is 0.717. The summed E-state index contributed by atoms with van der Waals surface area (Å²) in [5, 5.41) is 9.61. The molecular weight excluding hydrogens is 350 g/mol. The summed E-state index contributed by atoms with van der Waals surface area (Å²) in [7, 11) is 0. The summed E-state index contributed by atoms with van der Waals surface area (Å²) in [5.74, 6) is -1.49. The zero-order valence-corrected chi connectivity index (χ0v) is 16.9. The summed E-state index contributed by atoms with van der Waals surface area (Å²) in [6.45, 7) is 10.9. The Hall–Kier alpha value is -2.57. The third-order valence-electron chi connectivity index (χ3n) is 3.63. The van der Waals surface area contributed by atoms with Gasteiger partial charge in [-0.2, -0.15) is 0 Å². The number of carbonyl (C=O) groups excluding carboxylic acids is 2. The van der Waals surface area contributed by atoms with Crippen molar-refractivity contribution in [3.8, 4) is 0 Å². The number of nitrogens with zero attached hydrogens (tertiary/aromatic N) is 1. The molecule has 1 aromatic carbocycles. The van der Waals surface area contributed by atoms with Gasteiger partial charge >= 0.3 is 18.0 Å². The molecule has 0 radical (unpaired) electrons. The lowest BCUT2D eigenvalue weighted by Crippen LogP contribution is -2.39. The summed E-state index contributed by atoms with van der Waals surface area (Å²) >= 11 is 0. The van der Waals surface area contributed by atoms with Crippen LogP contribution in [0.2, 0.25) is 0 Å². The minimum absolute atomic E-state index is 0.0227. The fourth-order valence-corrected chi connectivity index (χ4v) is 2.71. The third kappa shape index (κ3) is 6.92. The number of aromatic carboxylic acids is 1. The molecule has 1 N–H and O–H groups in total. The molecule has 27 heavy (non-hydrogen) atoms. The lowest BCUT2D eigenvalue weighted by Gasteiger charge is -2.29. The third-order valence-corrected chi connectivity index (χ3v) is 3.63. The molecular formula is C20H29NO6. The summed E-state index contributed by atoms with van der Waals surface area (Å²) in [6, 6.07) is 3.33. The molecule has 1 rings (SSSR count). The maximum absolute atomic E-state index is 12.8. The zero-order chi connectivity index (χ0) is 20.8. The number of benzene rings is 1. The molecule has 0 aliphatic heterocycles. The molecule has 0 aliphatic carbocycles. The van der Waals surface area contributed by atoms with Gasteiger partial charge in [0.05, 0.1) is 17.9 Å². The van der Waals surface area contributed by atoms with Gasteiger partial charge in [0.1, 0.15) is 5.60 Å². The summed E-state index contributed by atoms with van der Waals surface area (Å²) < 4.78 is 10.4. The van der Waals surface area contributed by atoms with Crippen molar-refractivity contribution in [2.75, 3.05) is 18.1 Å². The van der Waals surface area contributed by atoms with Crippen molar-refractivity contribution in [3.05, 3.63) is 28.8 Å². The number of carboxylic acids is 1. The Balaban J connectivity index is 3.23. The minimum Gasteiger partial charge on any atom is -0.478 e. The van der Waals surface area contributed by atoms with Crippen molar-refractivity contribution in [1.82, 2.24) is 0 Å². The first-order chi connectivity index (χ1) is 12.5. The van der Waals surface area contributed by atoms with Gasteiger partial charge in [0.15, 0.2) is 0 Å². The Kier molecular flexibility index (Phi) is 7.82. The molecule has 0 saturated heterocycles. The molecule has 1 aromatic rings. The van der Waals surface area contributed by atoms with E-state index in [2.05, 4.69) is 0 Å². The van der Waals surface area contributed by atoms with E-state index in [0.29, 0.717) is 12.0 Å². The van der Waals surface area contributed by atoms with E-state index in [0.717, 1.165) is 5.56 Å². The first-order valence-electron chi connectivity index (χ1n) is 8.97. The average Bonchev–Trinajstić information content (AvgIpc) is 2.50. The molecule has 7 nitrogen and oxygen atoms in total. The van der Waals surface area contributed by atoms with Crippen LogP contribution in [0.15, 0.2) is 12.1 Å². The first kappa shape index (κ1) is 22.5. The van der Waals surface area contributed by atoms with Crippen molar-refractivity contribution >= 4 is 23.7 Å². The van der Waals surface area contributed by atoms with Crippen molar-refractivity contribution in [2.45, 2.75) is 60.0 Å². The molecule has 0 heterocycles. The number of hydrogen-bond donors (Lipinski definition) is 1. The number of hydrogen-bond acceptors (Lipinski definition) is 5. The molecule has 0 aliphatic rings. The van der Waals surface area contributed by atoms with Gasteiger partial charge < -0.3 is 14.6 Å². The molecule has 1 amide bonds. The molecule has 7 heteroatoms. The smallest absolute Gasteiger partial charge is 0.414 e. The highest BCUT2D eigenvalue weighted by Gasteiger charge is 2.28. The normalized spacial score (nSPS) is 11.0. The largest absolute Gasteiger partial charge is 0.478 e. The highest BCUT2D eigenvalue weighted by atomic mass is 16.6. The van der Waals surface area contributed by atoms with Crippen molar-refractivity contribution in [2.24, 2.45) is 0 Å². The second kappa shape index (κ2) is 9.39. The van der Waals surface area contributed by atoms with Crippen LogP contribution in [0.3, 0.4) is 0 Å². The molecule has 0 aromatic heterocycles. The van der Waals surface area contributed by atoms with E-state index in [1.807, 2.05) is 6.07 Å². The zero-order valence-electron chi connectivity index (χ0n) is 16.9. The predicted molar refractivity (Wildman–Crippen MR) is 102 cm³/mol. The number of carboxylic acid groups (broad SMARTS) is 1. The molecule has 0 saturated carbocycles. The average molecular weight is 379 g/mol. The van der Waals surface area contributed by atoms with Gasteiger partial charge in [0.25, 0.3) is 0 Å². The van der Waals surface area contributed by atoms with E-state index in [1.165, 1.54) is 11.0 Å². The van der Waals surface area contributed by atoms with E-state index >= 15 is 0 Å². The van der Waals surface area contributed by atoms with Crippen LogP contribution >= 0.6 is 0 Å². The molecule has 150 valence electrons. The van der Waals surface area contributed by atoms with Gasteiger partial charge in [-0.15, -0.1) is 0 Å². The van der Waals surface area contributed by atoms with Crippen LogP contribution in [0.4, 0.5) is 10.5 Å². The van der Waals surface area contributed by atoms with Gasteiger partial charge in [-0.3, -0.25) is 9.69 Å². The van der Waals surface area contributed by atoms with Crippen LogP contribution in [0.1, 0.15) is 62.0 Å². The van der Waals surface area contributed by atoms with Gasteiger partial charge in [-0.1, -0.05) is 6.07 Å². The van der Waals surface area contributed by atoms with E-state index in [1.54, 1.807) is 41.5 Å². The standard InChI is InChI=1S/C20H29NO6/c1-7-26-16(22)9-8-10-21(19(25)27-20(4,5)6)17-14(3)11-13(2)12-15(17)18(23)24/h11-12H,7-10H2,1-6H3,(H,23,24). The summed E-state index contributed by atoms with van der Waals surface area (Å²) in [4.78, 5) is 37.4. The maximum Gasteiger partial charge on any atom is 0.414 e. The van der Waals surface area contributed by atoms with Crippen LogP contribution in [-0.4, -0.2) is 41.9 Å². The molecule has 0 spiro atoms. The number of esters is 1. The van der Waals surface area contributed by atoms with Gasteiger partial charge in [-0.05, 0) is 65.2 Å². The summed E-state index contributed by atoms with van der Waals surface area (Å²) in [6.07, 6.45) is -0.203. The van der Waals surface area contributed by atoms with Crippen molar-refractivity contribution in [3.63, 3.8) is 0 Å². The summed E-state index contributed by atoms with van der Waals surface area (Å²) in [5.41, 5.74) is 0.998. The van der Waals surface area contributed by atoms with Gasteiger partial charge in [-0.25, -0.2) is 9.59 Å². The number of rotatable bonds is 7. The highest BCUT2D eigenvalue weighted by molar-refractivity contribution is 6.01. The molecule has 0 unspecified atom stereocenters. The Morgan fingerprint density at radius 2 is 1.78 bits per heavy atom. The number of amides is 1. The lowest BCUT2D eigenvalue weighted by atomic mass is 10.0. The van der Waals surface area contributed by atoms with Crippen LogP contribution < -0.4 is 4.90 Å². The Morgan fingerprint density at radius 3 is 2.30 bits per heavy atom.